The average molecular weight is 263 g/mol. The van der Waals surface area contributed by atoms with Gasteiger partial charge >= 0.3 is 0 Å². The normalized spacial score (nSPS) is 12.6. The fourth-order valence-corrected chi connectivity index (χ4v) is 2.15. The van der Waals surface area contributed by atoms with Crippen LogP contribution in [-0.2, 0) is 0 Å². The summed E-state index contributed by atoms with van der Waals surface area (Å²) in [6.07, 6.45) is 0. The molecule has 3 rings (SSSR count). The van der Waals surface area contributed by atoms with E-state index in [0.717, 1.165) is 5.39 Å². The highest BCUT2D eigenvalue weighted by Gasteiger charge is 2.26. The summed E-state index contributed by atoms with van der Waals surface area (Å²) in [7, 11) is 4.72. The van der Waals surface area contributed by atoms with Crippen molar-refractivity contribution in [3.05, 3.63) is 12.1 Å². The van der Waals surface area contributed by atoms with Gasteiger partial charge in [0, 0.05) is 0 Å². The fraction of sp³-hybridized carbons (Fsp3) is 0.308. The summed E-state index contributed by atoms with van der Waals surface area (Å²) < 4.78 is 26.7. The van der Waals surface area contributed by atoms with Gasteiger partial charge in [0.15, 0.2) is 17.2 Å². The Balaban J connectivity index is 2.39. The second-order valence-electron chi connectivity index (χ2n) is 3.88. The monoisotopic (exact) mass is 263 g/mol. The number of pyridine rings is 1. The summed E-state index contributed by atoms with van der Waals surface area (Å²) >= 11 is 0. The highest BCUT2D eigenvalue weighted by atomic mass is 16.7. The molecule has 6 heteroatoms. The zero-order valence-corrected chi connectivity index (χ0v) is 10.9. The molecular formula is C13H13NO5. The lowest BCUT2D eigenvalue weighted by atomic mass is 10.1. The molecular weight excluding hydrogens is 250 g/mol. The van der Waals surface area contributed by atoms with Crippen LogP contribution in [0.25, 0.3) is 10.9 Å². The van der Waals surface area contributed by atoms with Crippen LogP contribution in [-0.4, -0.2) is 33.1 Å². The zero-order chi connectivity index (χ0) is 13.4. The topological polar surface area (TPSA) is 59.0 Å². The van der Waals surface area contributed by atoms with Crippen LogP contribution >= 0.6 is 0 Å². The van der Waals surface area contributed by atoms with Crippen molar-refractivity contribution in [3.63, 3.8) is 0 Å². The van der Waals surface area contributed by atoms with Gasteiger partial charge in [0.2, 0.25) is 12.5 Å². The molecule has 0 N–H and O–H groups in total. The van der Waals surface area contributed by atoms with Gasteiger partial charge in [0.05, 0.1) is 26.7 Å². The molecule has 0 fully saturated rings. The molecule has 0 saturated carbocycles. The summed E-state index contributed by atoms with van der Waals surface area (Å²) in [5.41, 5.74) is 0.614. The SMILES string of the molecule is COc1ccc2c(OC)c3c(nc2c1OC)OCO3. The third-order valence-corrected chi connectivity index (χ3v) is 2.98. The Bertz CT molecular complexity index is 641. The van der Waals surface area contributed by atoms with E-state index in [0.29, 0.717) is 34.4 Å². The maximum Gasteiger partial charge on any atom is 0.264 e. The Morgan fingerprint density at radius 3 is 2.47 bits per heavy atom. The van der Waals surface area contributed by atoms with Crippen molar-refractivity contribution in [1.29, 1.82) is 0 Å². The van der Waals surface area contributed by atoms with Gasteiger partial charge in [-0.1, -0.05) is 0 Å². The largest absolute Gasteiger partial charge is 0.493 e. The van der Waals surface area contributed by atoms with Crippen LogP contribution in [0, 0.1) is 0 Å². The van der Waals surface area contributed by atoms with Crippen molar-refractivity contribution < 1.29 is 23.7 Å². The van der Waals surface area contributed by atoms with E-state index in [4.69, 9.17) is 23.7 Å². The Labute approximate surface area is 109 Å². The molecule has 2 heterocycles. The van der Waals surface area contributed by atoms with E-state index in [1.165, 1.54) is 0 Å². The number of aromatic nitrogens is 1. The Morgan fingerprint density at radius 2 is 1.79 bits per heavy atom. The Hall–Kier alpha value is -2.37. The molecule has 1 aliphatic rings. The summed E-state index contributed by atoms with van der Waals surface area (Å²) in [6, 6.07) is 3.65. The van der Waals surface area contributed by atoms with Gasteiger partial charge in [-0.15, -0.1) is 0 Å². The Kier molecular flexibility index (Phi) is 2.70. The first kappa shape index (κ1) is 11.7. The molecule has 0 amide bonds. The molecule has 1 aromatic heterocycles. The van der Waals surface area contributed by atoms with Gasteiger partial charge in [0.1, 0.15) is 5.52 Å². The molecule has 6 nitrogen and oxygen atoms in total. The smallest absolute Gasteiger partial charge is 0.264 e. The van der Waals surface area contributed by atoms with Crippen LogP contribution in [0.1, 0.15) is 0 Å². The molecule has 0 aliphatic carbocycles. The lowest BCUT2D eigenvalue weighted by molar-refractivity contribution is 0.168. The van der Waals surface area contributed by atoms with Crippen molar-refractivity contribution in [2.24, 2.45) is 0 Å². The molecule has 0 spiro atoms. The minimum atomic E-state index is 0.133. The van der Waals surface area contributed by atoms with Crippen LogP contribution in [0.5, 0.6) is 28.9 Å². The average Bonchev–Trinajstić information content (AvgIpc) is 2.91. The zero-order valence-electron chi connectivity index (χ0n) is 10.9. The number of fused-ring (bicyclic) bond motifs is 2. The maximum absolute atomic E-state index is 5.40. The third kappa shape index (κ3) is 1.60. The molecule has 0 saturated heterocycles. The molecule has 1 aromatic carbocycles. The summed E-state index contributed by atoms with van der Waals surface area (Å²) in [5, 5.41) is 0.782. The molecule has 19 heavy (non-hydrogen) atoms. The third-order valence-electron chi connectivity index (χ3n) is 2.98. The van der Waals surface area contributed by atoms with Gasteiger partial charge in [-0.05, 0) is 12.1 Å². The van der Waals surface area contributed by atoms with Crippen molar-refractivity contribution in [3.8, 4) is 28.9 Å². The predicted octanol–water partition coefficient (Wildman–Crippen LogP) is 1.99. The van der Waals surface area contributed by atoms with E-state index in [1.54, 1.807) is 27.4 Å². The minimum Gasteiger partial charge on any atom is -0.493 e. The number of benzene rings is 1. The lowest BCUT2D eigenvalue weighted by Crippen LogP contribution is -1.96. The summed E-state index contributed by atoms with van der Waals surface area (Å²) in [4.78, 5) is 4.41. The van der Waals surface area contributed by atoms with Crippen LogP contribution in [0.2, 0.25) is 0 Å². The van der Waals surface area contributed by atoms with Crippen LogP contribution in [0.3, 0.4) is 0 Å². The van der Waals surface area contributed by atoms with Crippen molar-refractivity contribution >= 4 is 10.9 Å². The predicted molar refractivity (Wildman–Crippen MR) is 67.5 cm³/mol. The molecule has 2 aromatic rings. The Morgan fingerprint density at radius 1 is 1.00 bits per heavy atom. The second-order valence-corrected chi connectivity index (χ2v) is 3.88. The number of hydrogen-bond donors (Lipinski definition) is 0. The number of nitrogens with zero attached hydrogens (tertiary/aromatic N) is 1. The van der Waals surface area contributed by atoms with Crippen LogP contribution in [0.4, 0.5) is 0 Å². The molecule has 100 valence electrons. The standard InChI is InChI=1S/C13H13NO5/c1-15-8-5-4-7-9(11(8)17-3)14-13-12(10(7)16-2)18-6-19-13/h4-5H,6H2,1-3H3. The van der Waals surface area contributed by atoms with E-state index in [9.17, 15) is 0 Å². The summed E-state index contributed by atoms with van der Waals surface area (Å²) in [6.45, 7) is 0.133. The number of methoxy groups -OCH3 is 3. The molecule has 0 bridgehead atoms. The first-order valence-corrected chi connectivity index (χ1v) is 5.68. The minimum absolute atomic E-state index is 0.133. The lowest BCUT2D eigenvalue weighted by Gasteiger charge is -2.13. The number of hydrogen-bond acceptors (Lipinski definition) is 6. The highest BCUT2D eigenvalue weighted by molar-refractivity contribution is 5.95. The van der Waals surface area contributed by atoms with E-state index in [1.807, 2.05) is 6.07 Å². The molecule has 0 atom stereocenters. The van der Waals surface area contributed by atoms with Crippen LogP contribution < -0.4 is 23.7 Å². The highest BCUT2D eigenvalue weighted by Crippen LogP contribution is 2.47. The van der Waals surface area contributed by atoms with E-state index in [2.05, 4.69) is 4.98 Å². The van der Waals surface area contributed by atoms with Crippen molar-refractivity contribution in [2.75, 3.05) is 28.1 Å². The van der Waals surface area contributed by atoms with Gasteiger partial charge in [0.25, 0.3) is 5.88 Å². The van der Waals surface area contributed by atoms with E-state index >= 15 is 0 Å². The van der Waals surface area contributed by atoms with Gasteiger partial charge < -0.3 is 23.7 Å². The van der Waals surface area contributed by atoms with Crippen molar-refractivity contribution in [2.45, 2.75) is 0 Å². The van der Waals surface area contributed by atoms with Crippen molar-refractivity contribution in [1.82, 2.24) is 4.98 Å². The van der Waals surface area contributed by atoms with Gasteiger partial charge in [-0.3, -0.25) is 0 Å². The molecule has 0 unspecified atom stereocenters. The van der Waals surface area contributed by atoms with Gasteiger partial charge in [-0.2, -0.15) is 0 Å². The maximum atomic E-state index is 5.40. The first-order valence-electron chi connectivity index (χ1n) is 5.68. The number of rotatable bonds is 3. The van der Waals surface area contributed by atoms with Gasteiger partial charge in [-0.25, -0.2) is 4.98 Å². The van der Waals surface area contributed by atoms with Crippen LogP contribution in [0.15, 0.2) is 12.1 Å². The quantitative estimate of drug-likeness (QED) is 0.844. The molecule has 0 radical (unpaired) electrons. The van der Waals surface area contributed by atoms with E-state index < -0.39 is 0 Å². The summed E-state index contributed by atoms with van der Waals surface area (Å²) in [5.74, 6) is 2.64. The molecule has 1 aliphatic heterocycles. The van der Waals surface area contributed by atoms with E-state index in [-0.39, 0.29) is 6.79 Å². The number of ether oxygens (including phenoxy) is 5. The fourth-order valence-electron chi connectivity index (χ4n) is 2.15. The second kappa shape index (κ2) is 4.38. The first-order chi connectivity index (χ1) is 9.30.